The van der Waals surface area contributed by atoms with Crippen LogP contribution < -0.4 is 10.6 Å². The number of aromatic carboxylic acids is 1. The third-order valence-corrected chi connectivity index (χ3v) is 2.65. The lowest BCUT2D eigenvalue weighted by atomic mass is 10.2. The predicted molar refractivity (Wildman–Crippen MR) is 73.4 cm³/mol. The molecule has 2 rings (SSSR count). The number of nitrogens with one attached hydrogen (secondary N) is 2. The number of benzene rings is 1. The zero-order chi connectivity index (χ0) is 15.2. The van der Waals surface area contributed by atoms with Crippen molar-refractivity contribution in [3.63, 3.8) is 0 Å². The molecular formula is C12H11ClN4O4. The second-order valence-corrected chi connectivity index (χ2v) is 4.44. The van der Waals surface area contributed by atoms with E-state index in [4.69, 9.17) is 21.2 Å². The fourth-order valence-corrected chi connectivity index (χ4v) is 1.78. The molecule has 0 atom stereocenters. The van der Waals surface area contributed by atoms with Crippen molar-refractivity contribution in [3.8, 4) is 0 Å². The third-order valence-electron chi connectivity index (χ3n) is 2.43. The average molecular weight is 311 g/mol. The van der Waals surface area contributed by atoms with E-state index in [1.165, 1.54) is 24.5 Å². The van der Waals surface area contributed by atoms with Crippen LogP contribution in [-0.4, -0.2) is 33.8 Å². The van der Waals surface area contributed by atoms with Gasteiger partial charge < -0.3 is 20.3 Å². The van der Waals surface area contributed by atoms with Crippen molar-refractivity contribution in [2.75, 3.05) is 11.9 Å². The van der Waals surface area contributed by atoms with Crippen LogP contribution in [0.3, 0.4) is 0 Å². The zero-order valence-electron chi connectivity index (χ0n) is 10.7. The summed E-state index contributed by atoms with van der Waals surface area (Å²) in [5.74, 6) is -0.719. The van der Waals surface area contributed by atoms with Crippen LogP contribution in [0.1, 0.15) is 16.2 Å². The van der Waals surface area contributed by atoms with E-state index in [0.29, 0.717) is 18.9 Å². The van der Waals surface area contributed by atoms with Crippen LogP contribution in [0.4, 0.5) is 10.5 Å². The summed E-state index contributed by atoms with van der Waals surface area (Å²) in [6.45, 7) is 0.292. The number of hydrogen-bond acceptors (Lipinski definition) is 5. The van der Waals surface area contributed by atoms with Crippen LogP contribution in [0.25, 0.3) is 0 Å². The number of carbonyl (C=O) groups is 2. The first-order chi connectivity index (χ1) is 10.0. The number of carboxylic acid groups (broad SMARTS) is 1. The van der Waals surface area contributed by atoms with Crippen LogP contribution in [0, 0.1) is 0 Å². The fraction of sp³-hybridized carbons (Fsp3) is 0.167. The molecule has 0 aliphatic carbocycles. The highest BCUT2D eigenvalue weighted by Crippen LogP contribution is 2.19. The largest absolute Gasteiger partial charge is 0.478 e. The van der Waals surface area contributed by atoms with Gasteiger partial charge in [-0.25, -0.2) is 9.59 Å². The monoisotopic (exact) mass is 310 g/mol. The Balaban J connectivity index is 1.88. The van der Waals surface area contributed by atoms with Gasteiger partial charge in [0.15, 0.2) is 6.33 Å². The maximum Gasteiger partial charge on any atom is 0.335 e. The Morgan fingerprint density at radius 3 is 2.81 bits per heavy atom. The number of aromatic nitrogens is 2. The van der Waals surface area contributed by atoms with Crippen LogP contribution in [0.15, 0.2) is 29.0 Å². The highest BCUT2D eigenvalue weighted by atomic mass is 35.5. The topological polar surface area (TPSA) is 117 Å². The molecule has 1 aromatic carbocycles. The number of anilines is 1. The van der Waals surface area contributed by atoms with Crippen LogP contribution in [0.5, 0.6) is 0 Å². The summed E-state index contributed by atoms with van der Waals surface area (Å²) in [6.07, 6.45) is 1.66. The van der Waals surface area contributed by atoms with Crippen molar-refractivity contribution >= 4 is 29.3 Å². The Morgan fingerprint density at radius 1 is 1.33 bits per heavy atom. The van der Waals surface area contributed by atoms with E-state index in [2.05, 4.69) is 20.8 Å². The number of nitrogens with zero attached hydrogens (tertiary/aromatic N) is 2. The van der Waals surface area contributed by atoms with Gasteiger partial charge in [-0.3, -0.25) is 0 Å². The van der Waals surface area contributed by atoms with Crippen molar-refractivity contribution in [2.45, 2.75) is 6.42 Å². The van der Waals surface area contributed by atoms with Gasteiger partial charge in [-0.05, 0) is 18.2 Å². The molecule has 3 N–H and O–H groups in total. The Labute approximate surface area is 124 Å². The Morgan fingerprint density at radius 2 is 2.14 bits per heavy atom. The van der Waals surface area contributed by atoms with E-state index in [1.807, 2.05) is 0 Å². The summed E-state index contributed by atoms with van der Waals surface area (Å²) in [4.78, 5) is 26.3. The number of amides is 2. The summed E-state index contributed by atoms with van der Waals surface area (Å²) >= 11 is 5.79. The van der Waals surface area contributed by atoms with Gasteiger partial charge in [-0.15, -0.1) is 0 Å². The van der Waals surface area contributed by atoms with E-state index in [9.17, 15) is 9.59 Å². The second-order valence-electron chi connectivity index (χ2n) is 4.00. The van der Waals surface area contributed by atoms with E-state index in [1.54, 1.807) is 0 Å². The first kappa shape index (κ1) is 14.8. The minimum absolute atomic E-state index is 0.0105. The maximum absolute atomic E-state index is 11.7. The van der Waals surface area contributed by atoms with Gasteiger partial charge >= 0.3 is 12.0 Å². The number of rotatable bonds is 5. The zero-order valence-corrected chi connectivity index (χ0v) is 11.4. The normalized spacial score (nSPS) is 10.1. The van der Waals surface area contributed by atoms with Gasteiger partial charge in [0.25, 0.3) is 0 Å². The molecule has 9 heteroatoms. The highest BCUT2D eigenvalue weighted by Gasteiger charge is 2.08. The molecule has 0 aliphatic heterocycles. The Bertz CT molecular complexity index is 645. The van der Waals surface area contributed by atoms with Gasteiger partial charge in [0, 0.05) is 23.7 Å². The molecule has 0 saturated carbocycles. The fourth-order valence-electron chi connectivity index (χ4n) is 1.55. The SMILES string of the molecule is O=C(NCCc1ncno1)Nc1cc(Cl)cc(C(=O)O)c1. The molecule has 0 bridgehead atoms. The minimum Gasteiger partial charge on any atom is -0.478 e. The average Bonchev–Trinajstić information content (AvgIpc) is 2.91. The van der Waals surface area contributed by atoms with Crippen LogP contribution >= 0.6 is 11.6 Å². The summed E-state index contributed by atoms with van der Waals surface area (Å²) < 4.78 is 4.78. The molecule has 0 radical (unpaired) electrons. The van der Waals surface area contributed by atoms with Crippen molar-refractivity contribution in [2.24, 2.45) is 0 Å². The molecule has 8 nitrogen and oxygen atoms in total. The quantitative estimate of drug-likeness (QED) is 0.775. The van der Waals surface area contributed by atoms with E-state index >= 15 is 0 Å². The molecule has 21 heavy (non-hydrogen) atoms. The van der Waals surface area contributed by atoms with Crippen molar-refractivity contribution in [1.29, 1.82) is 0 Å². The predicted octanol–water partition coefficient (Wildman–Crippen LogP) is 1.79. The molecule has 0 fully saturated rings. The van der Waals surface area contributed by atoms with Crippen molar-refractivity contribution in [1.82, 2.24) is 15.5 Å². The smallest absolute Gasteiger partial charge is 0.335 e. The summed E-state index contributed by atoms with van der Waals surface area (Å²) in [5.41, 5.74) is 0.277. The number of urea groups is 1. The van der Waals surface area contributed by atoms with Crippen LogP contribution in [0.2, 0.25) is 5.02 Å². The van der Waals surface area contributed by atoms with E-state index in [-0.39, 0.29) is 16.3 Å². The molecule has 0 unspecified atom stereocenters. The Hall–Kier alpha value is -2.61. The molecule has 110 valence electrons. The number of halogens is 1. The minimum atomic E-state index is -1.13. The molecule has 1 aromatic heterocycles. The van der Waals surface area contributed by atoms with Gasteiger partial charge in [0.05, 0.1) is 5.56 Å². The molecule has 0 saturated heterocycles. The second kappa shape index (κ2) is 6.71. The van der Waals surface area contributed by atoms with Crippen molar-refractivity contribution < 1.29 is 19.2 Å². The molecule has 0 aliphatic rings. The number of carbonyl (C=O) groups excluding carboxylic acids is 1. The first-order valence-electron chi connectivity index (χ1n) is 5.89. The third kappa shape index (κ3) is 4.46. The molecule has 0 spiro atoms. The maximum atomic E-state index is 11.7. The standard InChI is InChI=1S/C12H11ClN4O4/c13-8-3-7(11(18)19)4-9(5-8)17-12(20)14-2-1-10-15-6-16-21-10/h3-6H,1-2H2,(H,18,19)(H2,14,17,20). The lowest BCUT2D eigenvalue weighted by Gasteiger charge is -2.08. The van der Waals surface area contributed by atoms with Gasteiger partial charge in [-0.2, -0.15) is 4.98 Å². The number of carboxylic acids is 1. The molecular weight excluding hydrogens is 300 g/mol. The lowest BCUT2D eigenvalue weighted by molar-refractivity contribution is 0.0697. The van der Waals surface area contributed by atoms with Gasteiger partial charge in [-0.1, -0.05) is 16.8 Å². The van der Waals surface area contributed by atoms with Gasteiger partial charge in [0.2, 0.25) is 5.89 Å². The molecule has 1 heterocycles. The highest BCUT2D eigenvalue weighted by molar-refractivity contribution is 6.31. The summed E-state index contributed by atoms with van der Waals surface area (Å²) in [5, 5.41) is 17.6. The summed E-state index contributed by atoms with van der Waals surface area (Å²) in [6, 6.07) is 3.56. The lowest BCUT2D eigenvalue weighted by Crippen LogP contribution is -2.30. The van der Waals surface area contributed by atoms with Crippen LogP contribution in [-0.2, 0) is 6.42 Å². The Kier molecular flexibility index (Phi) is 4.72. The summed E-state index contributed by atoms with van der Waals surface area (Å²) in [7, 11) is 0. The van der Waals surface area contributed by atoms with E-state index < -0.39 is 12.0 Å². The van der Waals surface area contributed by atoms with Crippen molar-refractivity contribution in [3.05, 3.63) is 41.0 Å². The molecule has 2 amide bonds. The first-order valence-corrected chi connectivity index (χ1v) is 6.26. The molecule has 2 aromatic rings. The van der Waals surface area contributed by atoms with E-state index in [0.717, 1.165) is 0 Å². The number of hydrogen-bond donors (Lipinski definition) is 3. The van der Waals surface area contributed by atoms with Gasteiger partial charge in [0.1, 0.15) is 0 Å².